The van der Waals surface area contributed by atoms with Crippen molar-refractivity contribution >= 4 is 5.91 Å². The monoisotopic (exact) mass is 206 g/mol. The highest BCUT2D eigenvalue weighted by Gasteiger charge is 2.24. The van der Waals surface area contributed by atoms with E-state index in [0.717, 1.165) is 11.3 Å². The molecule has 80 valence electrons. The number of hydrogen-bond acceptors (Lipinski definition) is 3. The molecular formula is C11H14N2O2. The molecule has 1 amide bonds. The summed E-state index contributed by atoms with van der Waals surface area (Å²) >= 11 is 0. The molecule has 1 heterocycles. The molecule has 15 heavy (non-hydrogen) atoms. The molecular weight excluding hydrogens is 192 g/mol. The van der Waals surface area contributed by atoms with E-state index < -0.39 is 0 Å². The fourth-order valence-corrected chi connectivity index (χ4v) is 1.76. The van der Waals surface area contributed by atoms with Crippen LogP contribution in [-0.2, 0) is 6.42 Å². The summed E-state index contributed by atoms with van der Waals surface area (Å²) in [5.41, 5.74) is 7.26. The zero-order valence-corrected chi connectivity index (χ0v) is 8.62. The van der Waals surface area contributed by atoms with Gasteiger partial charge in [0.2, 0.25) is 0 Å². The van der Waals surface area contributed by atoms with Gasteiger partial charge in [0.1, 0.15) is 5.75 Å². The molecule has 2 rings (SSSR count). The number of carbonyl (C=O) groups excluding carboxylic acids is 1. The quantitative estimate of drug-likeness (QED) is 0.747. The van der Waals surface area contributed by atoms with Gasteiger partial charge in [-0.2, -0.15) is 0 Å². The Morgan fingerprint density at radius 2 is 2.47 bits per heavy atom. The van der Waals surface area contributed by atoms with Crippen LogP contribution in [0.5, 0.6) is 5.75 Å². The van der Waals surface area contributed by atoms with E-state index in [1.165, 1.54) is 0 Å². The van der Waals surface area contributed by atoms with E-state index in [1.807, 2.05) is 13.0 Å². The van der Waals surface area contributed by atoms with Gasteiger partial charge >= 0.3 is 0 Å². The second-order valence-electron chi connectivity index (χ2n) is 3.50. The highest BCUT2D eigenvalue weighted by Crippen LogP contribution is 2.29. The summed E-state index contributed by atoms with van der Waals surface area (Å²) in [6.45, 7) is 2.51. The van der Waals surface area contributed by atoms with Gasteiger partial charge in [-0.1, -0.05) is 6.07 Å². The smallest absolute Gasteiger partial charge is 0.251 e. The lowest BCUT2D eigenvalue weighted by Crippen LogP contribution is -2.25. The van der Waals surface area contributed by atoms with E-state index in [1.54, 1.807) is 12.1 Å². The molecule has 0 aromatic heterocycles. The van der Waals surface area contributed by atoms with Gasteiger partial charge in [-0.3, -0.25) is 10.5 Å². The molecule has 0 radical (unpaired) electrons. The Hall–Kier alpha value is -1.55. The van der Waals surface area contributed by atoms with E-state index in [2.05, 4.69) is 5.32 Å². The lowest BCUT2D eigenvalue weighted by atomic mass is 10.0. The van der Waals surface area contributed by atoms with Crippen LogP contribution in [0, 0.1) is 0 Å². The molecule has 0 spiro atoms. The maximum Gasteiger partial charge on any atom is 0.251 e. The predicted octanol–water partition coefficient (Wildman–Crippen LogP) is 0.656. The summed E-state index contributed by atoms with van der Waals surface area (Å²) in [7, 11) is 0. The first-order chi connectivity index (χ1) is 7.22. The number of carbonyl (C=O) groups is 1. The van der Waals surface area contributed by atoms with Crippen LogP contribution >= 0.6 is 0 Å². The lowest BCUT2D eigenvalue weighted by molar-refractivity contribution is 0.0955. The van der Waals surface area contributed by atoms with Crippen molar-refractivity contribution in [3.63, 3.8) is 0 Å². The SMILES string of the molecule is CCNC(=O)c1cccc2c1CC(N)O2. The van der Waals surface area contributed by atoms with Crippen LogP contribution < -0.4 is 15.8 Å². The third-order valence-corrected chi connectivity index (χ3v) is 2.40. The van der Waals surface area contributed by atoms with Crippen LogP contribution in [0.3, 0.4) is 0 Å². The third kappa shape index (κ3) is 1.80. The maximum atomic E-state index is 11.7. The molecule has 1 aliphatic rings. The molecule has 0 aliphatic carbocycles. The molecule has 0 fully saturated rings. The van der Waals surface area contributed by atoms with E-state index in [-0.39, 0.29) is 12.1 Å². The average molecular weight is 206 g/mol. The molecule has 0 saturated carbocycles. The van der Waals surface area contributed by atoms with Crippen molar-refractivity contribution in [2.24, 2.45) is 5.73 Å². The molecule has 0 bridgehead atoms. The number of benzene rings is 1. The standard InChI is InChI=1S/C11H14N2O2/c1-2-13-11(14)7-4-3-5-9-8(7)6-10(12)15-9/h3-5,10H,2,6,12H2,1H3,(H,13,14). The van der Waals surface area contributed by atoms with Crippen LogP contribution in [0.1, 0.15) is 22.8 Å². The van der Waals surface area contributed by atoms with Gasteiger partial charge in [0.25, 0.3) is 5.91 Å². The highest BCUT2D eigenvalue weighted by molar-refractivity contribution is 5.96. The van der Waals surface area contributed by atoms with Crippen molar-refractivity contribution < 1.29 is 9.53 Å². The van der Waals surface area contributed by atoms with Gasteiger partial charge in [-0.15, -0.1) is 0 Å². The maximum absolute atomic E-state index is 11.7. The molecule has 4 heteroatoms. The lowest BCUT2D eigenvalue weighted by Gasteiger charge is -2.05. The third-order valence-electron chi connectivity index (χ3n) is 2.40. The van der Waals surface area contributed by atoms with Gasteiger partial charge in [0.05, 0.1) is 0 Å². The fourth-order valence-electron chi connectivity index (χ4n) is 1.76. The Morgan fingerprint density at radius 3 is 3.20 bits per heavy atom. The fraction of sp³-hybridized carbons (Fsp3) is 0.364. The Balaban J connectivity index is 2.34. The molecule has 1 aromatic rings. The minimum Gasteiger partial charge on any atom is -0.475 e. The second-order valence-corrected chi connectivity index (χ2v) is 3.50. The summed E-state index contributed by atoms with van der Waals surface area (Å²) in [4.78, 5) is 11.7. The van der Waals surface area contributed by atoms with Crippen molar-refractivity contribution in [2.75, 3.05) is 6.54 Å². The van der Waals surface area contributed by atoms with Crippen molar-refractivity contribution in [1.82, 2.24) is 5.32 Å². The zero-order chi connectivity index (χ0) is 10.8. The number of nitrogens with one attached hydrogen (secondary N) is 1. The number of nitrogens with two attached hydrogens (primary N) is 1. The normalized spacial score (nSPS) is 18.1. The van der Waals surface area contributed by atoms with Crippen LogP contribution in [0.4, 0.5) is 0 Å². The molecule has 1 aliphatic heterocycles. The summed E-state index contributed by atoms with van der Waals surface area (Å²) < 4.78 is 5.37. The van der Waals surface area contributed by atoms with E-state index in [4.69, 9.17) is 10.5 Å². The van der Waals surface area contributed by atoms with Crippen LogP contribution in [0.2, 0.25) is 0 Å². The first kappa shape index (κ1) is 9.98. The zero-order valence-electron chi connectivity index (χ0n) is 8.62. The summed E-state index contributed by atoms with van der Waals surface area (Å²) in [5, 5.41) is 2.77. The van der Waals surface area contributed by atoms with E-state index in [0.29, 0.717) is 18.5 Å². The molecule has 1 unspecified atom stereocenters. The van der Waals surface area contributed by atoms with Crippen molar-refractivity contribution in [3.05, 3.63) is 29.3 Å². The van der Waals surface area contributed by atoms with Crippen LogP contribution in [0.15, 0.2) is 18.2 Å². The Morgan fingerprint density at radius 1 is 1.67 bits per heavy atom. The van der Waals surface area contributed by atoms with Crippen molar-refractivity contribution in [1.29, 1.82) is 0 Å². The van der Waals surface area contributed by atoms with Crippen LogP contribution in [0.25, 0.3) is 0 Å². The topological polar surface area (TPSA) is 64.4 Å². The van der Waals surface area contributed by atoms with E-state index in [9.17, 15) is 4.79 Å². The van der Waals surface area contributed by atoms with Crippen molar-refractivity contribution in [3.8, 4) is 5.75 Å². The number of rotatable bonds is 2. The minimum atomic E-state index is -0.324. The predicted molar refractivity (Wildman–Crippen MR) is 56.8 cm³/mol. The molecule has 4 nitrogen and oxygen atoms in total. The van der Waals surface area contributed by atoms with Gasteiger partial charge in [-0.05, 0) is 19.1 Å². The number of hydrogen-bond donors (Lipinski definition) is 2. The van der Waals surface area contributed by atoms with Gasteiger partial charge < -0.3 is 10.1 Å². The van der Waals surface area contributed by atoms with Crippen molar-refractivity contribution in [2.45, 2.75) is 19.6 Å². The molecule has 1 atom stereocenters. The van der Waals surface area contributed by atoms with E-state index >= 15 is 0 Å². The Labute approximate surface area is 88.4 Å². The van der Waals surface area contributed by atoms with Crippen LogP contribution in [-0.4, -0.2) is 18.7 Å². The molecule has 0 saturated heterocycles. The van der Waals surface area contributed by atoms with Gasteiger partial charge in [-0.25, -0.2) is 0 Å². The highest BCUT2D eigenvalue weighted by atomic mass is 16.5. The largest absolute Gasteiger partial charge is 0.475 e. The molecule has 3 N–H and O–H groups in total. The Bertz CT molecular complexity index is 390. The average Bonchev–Trinajstić information content (AvgIpc) is 2.57. The Kier molecular flexibility index (Phi) is 2.60. The summed E-state index contributed by atoms with van der Waals surface area (Å²) in [5.74, 6) is 0.665. The van der Waals surface area contributed by atoms with Gasteiger partial charge in [0, 0.05) is 24.1 Å². The number of fused-ring (bicyclic) bond motifs is 1. The number of ether oxygens (including phenoxy) is 1. The summed E-state index contributed by atoms with van der Waals surface area (Å²) in [6.07, 6.45) is 0.276. The first-order valence-corrected chi connectivity index (χ1v) is 5.04. The number of amides is 1. The molecule has 1 aromatic carbocycles. The minimum absolute atomic E-state index is 0.0629. The summed E-state index contributed by atoms with van der Waals surface area (Å²) in [6, 6.07) is 5.44. The second kappa shape index (κ2) is 3.90. The first-order valence-electron chi connectivity index (χ1n) is 5.04. The van der Waals surface area contributed by atoms with Gasteiger partial charge in [0.15, 0.2) is 6.23 Å².